The zero-order valence-corrected chi connectivity index (χ0v) is 12.8. The lowest BCUT2D eigenvalue weighted by atomic mass is 10.2. The molecule has 1 rings (SSSR count). The highest BCUT2D eigenvalue weighted by molar-refractivity contribution is 9.10. The Balaban J connectivity index is 2.86. The van der Waals surface area contributed by atoms with Crippen molar-refractivity contribution in [2.24, 2.45) is 5.92 Å². The van der Waals surface area contributed by atoms with Gasteiger partial charge in [-0.3, -0.25) is 0 Å². The predicted octanol–water partition coefficient (Wildman–Crippen LogP) is 3.61. The van der Waals surface area contributed by atoms with Crippen LogP contribution in [-0.4, -0.2) is 31.8 Å². The number of methoxy groups -OCH3 is 1. The molecule has 0 unspecified atom stereocenters. The topological polar surface area (TPSA) is 25.4 Å². The average molecular weight is 322 g/mol. The minimum atomic E-state index is 0.549. The van der Waals surface area contributed by atoms with Gasteiger partial charge in [0.25, 0.3) is 0 Å². The number of pyridine rings is 1. The molecule has 0 saturated carbocycles. The zero-order chi connectivity index (χ0) is 12.8. The molecule has 0 aromatic carbocycles. The Morgan fingerprint density at radius 2 is 2.24 bits per heavy atom. The second kappa shape index (κ2) is 7.19. The number of halogens is 2. The predicted molar refractivity (Wildman–Crippen MR) is 75.9 cm³/mol. The van der Waals surface area contributed by atoms with E-state index in [1.165, 1.54) is 0 Å². The smallest absolute Gasteiger partial charge is 0.147 e. The van der Waals surface area contributed by atoms with E-state index in [0.717, 1.165) is 23.4 Å². The molecule has 17 heavy (non-hydrogen) atoms. The summed E-state index contributed by atoms with van der Waals surface area (Å²) in [6, 6.07) is 1.87. The molecule has 1 heterocycles. The first-order chi connectivity index (χ1) is 8.04. The van der Waals surface area contributed by atoms with E-state index in [-0.39, 0.29) is 0 Å². The van der Waals surface area contributed by atoms with Gasteiger partial charge in [0.1, 0.15) is 5.82 Å². The number of nitrogens with zero attached hydrogens (tertiary/aromatic N) is 2. The molecule has 0 amide bonds. The van der Waals surface area contributed by atoms with Crippen molar-refractivity contribution >= 4 is 33.3 Å². The van der Waals surface area contributed by atoms with E-state index in [2.05, 4.69) is 39.7 Å². The largest absolute Gasteiger partial charge is 0.383 e. The van der Waals surface area contributed by atoms with Gasteiger partial charge in [-0.05, 0) is 27.9 Å². The van der Waals surface area contributed by atoms with E-state index in [0.29, 0.717) is 17.5 Å². The number of rotatable bonds is 6. The van der Waals surface area contributed by atoms with Crippen LogP contribution in [0.25, 0.3) is 0 Å². The summed E-state index contributed by atoms with van der Waals surface area (Å²) in [4.78, 5) is 6.53. The van der Waals surface area contributed by atoms with Crippen LogP contribution in [0.5, 0.6) is 0 Å². The van der Waals surface area contributed by atoms with Gasteiger partial charge >= 0.3 is 0 Å². The van der Waals surface area contributed by atoms with Gasteiger partial charge in [-0.1, -0.05) is 25.4 Å². The summed E-state index contributed by atoms with van der Waals surface area (Å²) in [6.07, 6.45) is 1.77. The Morgan fingerprint density at radius 1 is 1.53 bits per heavy atom. The molecule has 0 spiro atoms. The Kier molecular flexibility index (Phi) is 6.23. The third-order valence-corrected chi connectivity index (χ3v) is 2.95. The van der Waals surface area contributed by atoms with Crippen molar-refractivity contribution in [3.8, 4) is 0 Å². The molecule has 0 aliphatic carbocycles. The van der Waals surface area contributed by atoms with Crippen molar-refractivity contribution in [1.82, 2.24) is 4.98 Å². The highest BCUT2D eigenvalue weighted by Crippen LogP contribution is 2.26. The summed E-state index contributed by atoms with van der Waals surface area (Å²) in [6.45, 7) is 6.72. The van der Waals surface area contributed by atoms with Crippen LogP contribution in [0.1, 0.15) is 13.8 Å². The molecule has 1 aromatic rings. The Labute approximate surface area is 116 Å². The molecule has 0 radical (unpaired) electrons. The van der Waals surface area contributed by atoms with Gasteiger partial charge in [-0.2, -0.15) is 0 Å². The zero-order valence-electron chi connectivity index (χ0n) is 10.4. The van der Waals surface area contributed by atoms with Crippen LogP contribution in [0.4, 0.5) is 5.82 Å². The van der Waals surface area contributed by atoms with Crippen LogP contribution in [0.2, 0.25) is 5.02 Å². The first kappa shape index (κ1) is 14.7. The van der Waals surface area contributed by atoms with Crippen molar-refractivity contribution in [3.05, 3.63) is 21.8 Å². The Hall–Kier alpha value is -0.320. The lowest BCUT2D eigenvalue weighted by Crippen LogP contribution is -2.31. The van der Waals surface area contributed by atoms with Gasteiger partial charge in [0.05, 0.1) is 11.6 Å². The normalized spacial score (nSPS) is 10.9. The Bertz CT molecular complexity index is 360. The number of hydrogen-bond donors (Lipinski definition) is 0. The summed E-state index contributed by atoms with van der Waals surface area (Å²) in [5, 5.41) is 0.663. The number of anilines is 1. The lowest BCUT2D eigenvalue weighted by molar-refractivity contribution is 0.204. The van der Waals surface area contributed by atoms with Gasteiger partial charge in [-0.15, -0.1) is 0 Å². The van der Waals surface area contributed by atoms with Crippen LogP contribution in [0.15, 0.2) is 16.7 Å². The van der Waals surface area contributed by atoms with E-state index in [4.69, 9.17) is 16.3 Å². The SMILES string of the molecule is COCCN(CC(C)C)c1ncc(Br)cc1Cl. The molecular weight excluding hydrogens is 304 g/mol. The lowest BCUT2D eigenvalue weighted by Gasteiger charge is -2.26. The highest BCUT2D eigenvalue weighted by atomic mass is 79.9. The van der Waals surface area contributed by atoms with E-state index < -0.39 is 0 Å². The summed E-state index contributed by atoms with van der Waals surface area (Å²) in [5.41, 5.74) is 0. The molecule has 0 fully saturated rings. The first-order valence-electron chi connectivity index (χ1n) is 5.59. The van der Waals surface area contributed by atoms with E-state index >= 15 is 0 Å². The molecule has 0 bridgehead atoms. The molecule has 96 valence electrons. The summed E-state index contributed by atoms with van der Waals surface area (Å²) < 4.78 is 6.01. The molecule has 0 saturated heterocycles. The fourth-order valence-corrected chi connectivity index (χ4v) is 2.31. The number of hydrogen-bond acceptors (Lipinski definition) is 3. The van der Waals surface area contributed by atoms with Crippen molar-refractivity contribution in [1.29, 1.82) is 0 Å². The van der Waals surface area contributed by atoms with Crippen LogP contribution in [0.3, 0.4) is 0 Å². The van der Waals surface area contributed by atoms with E-state index in [1.807, 2.05) is 6.07 Å². The van der Waals surface area contributed by atoms with E-state index in [9.17, 15) is 0 Å². The average Bonchev–Trinajstić information content (AvgIpc) is 2.24. The fraction of sp³-hybridized carbons (Fsp3) is 0.583. The molecule has 0 atom stereocenters. The van der Waals surface area contributed by atoms with Crippen molar-refractivity contribution < 1.29 is 4.74 Å². The molecule has 1 aromatic heterocycles. The van der Waals surface area contributed by atoms with E-state index in [1.54, 1.807) is 13.3 Å². The molecule has 3 nitrogen and oxygen atoms in total. The fourth-order valence-electron chi connectivity index (χ4n) is 1.57. The summed E-state index contributed by atoms with van der Waals surface area (Å²) in [5.74, 6) is 1.37. The number of aromatic nitrogens is 1. The maximum Gasteiger partial charge on any atom is 0.147 e. The maximum atomic E-state index is 6.21. The van der Waals surface area contributed by atoms with Gasteiger partial charge < -0.3 is 9.64 Å². The monoisotopic (exact) mass is 320 g/mol. The van der Waals surface area contributed by atoms with Gasteiger partial charge in [0.15, 0.2) is 0 Å². The third-order valence-electron chi connectivity index (χ3n) is 2.24. The summed E-state index contributed by atoms with van der Waals surface area (Å²) in [7, 11) is 1.70. The molecule has 5 heteroatoms. The minimum Gasteiger partial charge on any atom is -0.383 e. The second-order valence-electron chi connectivity index (χ2n) is 4.29. The van der Waals surface area contributed by atoms with Crippen molar-refractivity contribution in [2.45, 2.75) is 13.8 Å². The Morgan fingerprint density at radius 3 is 2.76 bits per heavy atom. The molecule has 0 N–H and O–H groups in total. The van der Waals surface area contributed by atoms with Crippen molar-refractivity contribution in [3.63, 3.8) is 0 Å². The minimum absolute atomic E-state index is 0.549. The van der Waals surface area contributed by atoms with Gasteiger partial charge in [-0.25, -0.2) is 4.98 Å². The standard InChI is InChI=1S/C12H18BrClN2O/c1-9(2)8-16(4-5-17-3)12-11(14)6-10(13)7-15-12/h6-7,9H,4-5,8H2,1-3H3. The van der Waals surface area contributed by atoms with Gasteiger partial charge in [0, 0.05) is 30.9 Å². The van der Waals surface area contributed by atoms with Crippen LogP contribution in [0, 0.1) is 5.92 Å². The summed E-state index contributed by atoms with van der Waals surface area (Å²) >= 11 is 9.57. The third kappa shape index (κ3) is 4.82. The van der Waals surface area contributed by atoms with Crippen molar-refractivity contribution in [2.75, 3.05) is 31.7 Å². The molecular formula is C12H18BrClN2O. The molecule has 0 aliphatic heterocycles. The van der Waals surface area contributed by atoms with Crippen LogP contribution >= 0.6 is 27.5 Å². The highest BCUT2D eigenvalue weighted by Gasteiger charge is 2.13. The quantitative estimate of drug-likeness (QED) is 0.800. The van der Waals surface area contributed by atoms with Gasteiger partial charge in [0.2, 0.25) is 0 Å². The number of ether oxygens (including phenoxy) is 1. The maximum absolute atomic E-state index is 6.21. The second-order valence-corrected chi connectivity index (χ2v) is 5.61. The van der Waals surface area contributed by atoms with Crippen LogP contribution in [-0.2, 0) is 4.74 Å². The first-order valence-corrected chi connectivity index (χ1v) is 6.76. The van der Waals surface area contributed by atoms with Crippen LogP contribution < -0.4 is 4.90 Å². The molecule has 0 aliphatic rings.